The van der Waals surface area contributed by atoms with Crippen LogP contribution < -0.4 is 0 Å². The molecule has 0 radical (unpaired) electrons. The van der Waals surface area contributed by atoms with Crippen molar-refractivity contribution in [2.45, 2.75) is 12.3 Å². The molecule has 20 heavy (non-hydrogen) atoms. The van der Waals surface area contributed by atoms with Crippen LogP contribution in [0.3, 0.4) is 0 Å². The molecule has 0 saturated heterocycles. The minimum absolute atomic E-state index is 0.224. The van der Waals surface area contributed by atoms with Gasteiger partial charge in [0.05, 0.1) is 0 Å². The van der Waals surface area contributed by atoms with E-state index in [0.717, 1.165) is 0 Å². The predicted molar refractivity (Wildman–Crippen MR) is 75.4 cm³/mol. The van der Waals surface area contributed by atoms with Gasteiger partial charge in [-0.05, 0) is 18.1 Å². The van der Waals surface area contributed by atoms with Gasteiger partial charge < -0.3 is 0 Å². The fraction of sp³-hybridized carbons (Fsp3) is 0.118. The maximum absolute atomic E-state index is 12.3. The summed E-state index contributed by atoms with van der Waals surface area (Å²) < 4.78 is 0. The highest BCUT2D eigenvalue weighted by Crippen LogP contribution is 2.34. The van der Waals surface area contributed by atoms with Crippen molar-refractivity contribution in [3.8, 4) is 0 Å². The van der Waals surface area contributed by atoms with Crippen molar-refractivity contribution in [2.75, 3.05) is 0 Å². The maximum Gasteiger partial charge on any atom is 0.217 e. The summed E-state index contributed by atoms with van der Waals surface area (Å²) in [5.41, 5.74) is -0.531. The van der Waals surface area contributed by atoms with Gasteiger partial charge in [-0.2, -0.15) is 0 Å². The summed E-state index contributed by atoms with van der Waals surface area (Å²) in [6.07, 6.45) is 0.224. The van der Waals surface area contributed by atoms with E-state index in [-0.39, 0.29) is 12.1 Å². The third kappa shape index (κ3) is 2.07. The zero-order valence-corrected chi connectivity index (χ0v) is 11.1. The van der Waals surface area contributed by atoms with Gasteiger partial charge in [0.15, 0.2) is 12.1 Å². The molecule has 0 heterocycles. The summed E-state index contributed by atoms with van der Waals surface area (Å²) in [5.74, 6) is -1.12. The predicted octanol–water partition coefficient (Wildman–Crippen LogP) is 2.33. The molecule has 0 atom stereocenters. The summed E-state index contributed by atoms with van der Waals surface area (Å²) >= 11 is 0. The highest BCUT2D eigenvalue weighted by molar-refractivity contribution is 6.37. The molecule has 0 aliphatic carbocycles. The number of rotatable bonds is 5. The van der Waals surface area contributed by atoms with Crippen LogP contribution in [-0.2, 0) is 19.8 Å². The Labute approximate surface area is 117 Å². The van der Waals surface area contributed by atoms with Crippen molar-refractivity contribution in [3.05, 3.63) is 71.8 Å². The lowest BCUT2D eigenvalue weighted by atomic mass is 9.69. The number of aldehydes is 1. The highest BCUT2D eigenvalue weighted by atomic mass is 16.2. The quantitative estimate of drug-likeness (QED) is 0.474. The van der Waals surface area contributed by atoms with Gasteiger partial charge in [0.2, 0.25) is 5.78 Å². The summed E-state index contributed by atoms with van der Waals surface area (Å²) in [6, 6.07) is 17.3. The van der Waals surface area contributed by atoms with Crippen LogP contribution in [0.4, 0.5) is 0 Å². The van der Waals surface area contributed by atoms with Gasteiger partial charge in [-0.1, -0.05) is 60.7 Å². The zero-order chi connectivity index (χ0) is 14.6. The molecule has 2 aromatic carbocycles. The first-order valence-electron chi connectivity index (χ1n) is 6.25. The molecule has 3 heteroatoms. The van der Waals surface area contributed by atoms with Crippen molar-refractivity contribution in [3.63, 3.8) is 0 Å². The third-order valence-corrected chi connectivity index (χ3v) is 3.42. The molecule has 2 aromatic rings. The minimum Gasteiger partial charge on any atom is -0.298 e. The fourth-order valence-corrected chi connectivity index (χ4v) is 2.50. The van der Waals surface area contributed by atoms with E-state index < -0.39 is 11.2 Å². The largest absolute Gasteiger partial charge is 0.298 e. The topological polar surface area (TPSA) is 51.2 Å². The van der Waals surface area contributed by atoms with Gasteiger partial charge in [-0.15, -0.1) is 0 Å². The number of carbonyl (C=O) groups is 3. The van der Waals surface area contributed by atoms with E-state index in [4.69, 9.17) is 0 Å². The molecule has 0 N–H and O–H groups in total. The Balaban J connectivity index is 2.80. The second kappa shape index (κ2) is 5.61. The van der Waals surface area contributed by atoms with Crippen LogP contribution in [0.15, 0.2) is 60.7 Å². The monoisotopic (exact) mass is 266 g/mol. The van der Waals surface area contributed by atoms with Crippen LogP contribution in [0.1, 0.15) is 18.1 Å². The van der Waals surface area contributed by atoms with Gasteiger partial charge in [-0.3, -0.25) is 14.4 Å². The number of ketones is 2. The van der Waals surface area contributed by atoms with E-state index in [1.54, 1.807) is 60.7 Å². The van der Waals surface area contributed by atoms with Gasteiger partial charge in [0.1, 0.15) is 5.41 Å². The van der Waals surface area contributed by atoms with E-state index in [1.165, 1.54) is 6.92 Å². The Morgan fingerprint density at radius 1 is 0.850 bits per heavy atom. The molecular weight excluding hydrogens is 252 g/mol. The van der Waals surface area contributed by atoms with Gasteiger partial charge in [-0.25, -0.2) is 0 Å². The zero-order valence-electron chi connectivity index (χ0n) is 11.1. The summed E-state index contributed by atoms with van der Waals surface area (Å²) in [6.45, 7) is 1.33. The minimum atomic E-state index is -1.55. The van der Waals surface area contributed by atoms with Gasteiger partial charge in [0, 0.05) is 0 Å². The van der Waals surface area contributed by atoms with Crippen LogP contribution >= 0.6 is 0 Å². The first-order chi connectivity index (χ1) is 9.64. The average Bonchev–Trinajstić information content (AvgIpc) is 2.49. The Hall–Kier alpha value is -2.55. The molecule has 0 aliphatic rings. The Morgan fingerprint density at radius 2 is 1.25 bits per heavy atom. The van der Waals surface area contributed by atoms with Crippen LogP contribution in [0, 0.1) is 0 Å². The molecule has 2 rings (SSSR count). The molecule has 0 aliphatic heterocycles. The highest BCUT2D eigenvalue weighted by Gasteiger charge is 2.46. The molecule has 0 unspecified atom stereocenters. The van der Waals surface area contributed by atoms with Crippen molar-refractivity contribution in [2.24, 2.45) is 0 Å². The summed E-state index contributed by atoms with van der Waals surface area (Å²) in [7, 11) is 0. The molecule has 0 spiro atoms. The fourth-order valence-electron chi connectivity index (χ4n) is 2.50. The Morgan fingerprint density at radius 3 is 1.55 bits per heavy atom. The van der Waals surface area contributed by atoms with Gasteiger partial charge in [0.25, 0.3) is 0 Å². The molecular formula is C17H14O3. The van der Waals surface area contributed by atoms with E-state index in [1.807, 2.05) is 0 Å². The summed E-state index contributed by atoms with van der Waals surface area (Å²) in [4.78, 5) is 35.7. The molecule has 0 aromatic heterocycles. The standard InChI is InChI=1S/C17H14O3/c1-13(19)17(16(20)12-18,14-8-4-2-5-9-14)15-10-6-3-7-11-15/h2-12H,1H3. The normalized spacial score (nSPS) is 10.8. The van der Waals surface area contributed by atoms with Crippen molar-refractivity contribution in [1.82, 2.24) is 0 Å². The van der Waals surface area contributed by atoms with E-state index in [0.29, 0.717) is 11.1 Å². The third-order valence-electron chi connectivity index (χ3n) is 3.42. The van der Waals surface area contributed by atoms with Crippen LogP contribution in [0.2, 0.25) is 0 Å². The molecule has 3 nitrogen and oxygen atoms in total. The number of hydrogen-bond donors (Lipinski definition) is 0. The van der Waals surface area contributed by atoms with Crippen molar-refractivity contribution in [1.29, 1.82) is 0 Å². The smallest absolute Gasteiger partial charge is 0.217 e. The lowest BCUT2D eigenvalue weighted by Crippen LogP contribution is -2.44. The van der Waals surface area contributed by atoms with Crippen LogP contribution in [-0.4, -0.2) is 17.9 Å². The lowest BCUT2D eigenvalue weighted by Gasteiger charge is -2.29. The molecule has 0 saturated carbocycles. The molecule has 0 bridgehead atoms. The van der Waals surface area contributed by atoms with Crippen molar-refractivity contribution >= 4 is 17.9 Å². The Kier molecular flexibility index (Phi) is 3.89. The Bertz CT molecular complexity index is 590. The second-order valence-corrected chi connectivity index (χ2v) is 4.52. The summed E-state index contributed by atoms with van der Waals surface area (Å²) in [5, 5.41) is 0. The second-order valence-electron chi connectivity index (χ2n) is 4.52. The van der Waals surface area contributed by atoms with E-state index >= 15 is 0 Å². The van der Waals surface area contributed by atoms with Crippen LogP contribution in [0.25, 0.3) is 0 Å². The van der Waals surface area contributed by atoms with Gasteiger partial charge >= 0.3 is 0 Å². The molecule has 0 fully saturated rings. The van der Waals surface area contributed by atoms with Crippen LogP contribution in [0.5, 0.6) is 0 Å². The number of hydrogen-bond acceptors (Lipinski definition) is 3. The molecule has 100 valence electrons. The first kappa shape index (κ1) is 13.9. The number of carbonyl (C=O) groups excluding carboxylic acids is 3. The lowest BCUT2D eigenvalue weighted by molar-refractivity contribution is -0.137. The number of benzene rings is 2. The first-order valence-corrected chi connectivity index (χ1v) is 6.25. The molecule has 0 amide bonds. The maximum atomic E-state index is 12.3. The van der Waals surface area contributed by atoms with Crippen molar-refractivity contribution < 1.29 is 14.4 Å². The number of Topliss-reactive ketones (excluding diaryl/α,β-unsaturated/α-hetero) is 2. The van der Waals surface area contributed by atoms with E-state index in [2.05, 4.69) is 0 Å². The average molecular weight is 266 g/mol. The van der Waals surface area contributed by atoms with E-state index in [9.17, 15) is 14.4 Å². The SMILES string of the molecule is CC(=O)C(C(=O)C=O)(c1ccccc1)c1ccccc1.